The van der Waals surface area contributed by atoms with Gasteiger partial charge in [-0.2, -0.15) is 0 Å². The summed E-state index contributed by atoms with van der Waals surface area (Å²) < 4.78 is 4.63. The lowest BCUT2D eigenvalue weighted by Crippen LogP contribution is -2.12. The molecule has 7 nitrogen and oxygen atoms in total. The van der Waals surface area contributed by atoms with E-state index in [0.717, 1.165) is 0 Å². The predicted octanol–water partition coefficient (Wildman–Crippen LogP) is 3.32. The van der Waals surface area contributed by atoms with Crippen molar-refractivity contribution >= 4 is 39.9 Å². The van der Waals surface area contributed by atoms with Crippen molar-refractivity contribution in [3.8, 4) is 0 Å². The molecule has 2 N–H and O–H groups in total. The molecule has 0 aliphatic carbocycles. The first-order valence-electron chi connectivity index (χ1n) is 7.29. The van der Waals surface area contributed by atoms with Crippen molar-refractivity contribution < 1.29 is 14.3 Å². The number of carbonyl (C=O) groups excluding carboxylic acids is 2. The summed E-state index contributed by atoms with van der Waals surface area (Å²) in [7, 11) is 1.32. The number of anilines is 3. The molecule has 0 bridgehead atoms. The van der Waals surface area contributed by atoms with Crippen molar-refractivity contribution in [2.24, 2.45) is 0 Å². The minimum atomic E-state index is -0.428. The summed E-state index contributed by atoms with van der Waals surface area (Å²) in [5.41, 5.74) is 1.27. The summed E-state index contributed by atoms with van der Waals surface area (Å²) in [6, 6.07) is 11.9. The molecule has 8 heteroatoms. The first kappa shape index (κ1) is 16.6. The maximum absolute atomic E-state index is 12.3. The highest BCUT2D eigenvalue weighted by molar-refractivity contribution is 7.14. The van der Waals surface area contributed by atoms with E-state index in [2.05, 4.69) is 25.3 Å². The summed E-state index contributed by atoms with van der Waals surface area (Å²) in [4.78, 5) is 32.0. The van der Waals surface area contributed by atoms with Crippen molar-refractivity contribution in [2.75, 3.05) is 17.7 Å². The Bertz CT molecular complexity index is 878. The van der Waals surface area contributed by atoms with Gasteiger partial charge in [-0.15, -0.1) is 11.3 Å². The fourth-order valence-corrected chi connectivity index (χ4v) is 2.68. The number of pyridine rings is 1. The van der Waals surface area contributed by atoms with Gasteiger partial charge in [-0.1, -0.05) is 6.07 Å². The zero-order valence-corrected chi connectivity index (χ0v) is 14.0. The minimum absolute atomic E-state index is 0.292. The van der Waals surface area contributed by atoms with Gasteiger partial charge >= 0.3 is 5.97 Å². The van der Waals surface area contributed by atoms with Gasteiger partial charge < -0.3 is 15.4 Å². The number of thiazole rings is 1. The van der Waals surface area contributed by atoms with Crippen LogP contribution in [0.4, 0.5) is 16.6 Å². The summed E-state index contributed by atoms with van der Waals surface area (Å²) in [6.45, 7) is 0. The number of nitrogens with zero attached hydrogens (tertiary/aromatic N) is 2. The first-order valence-corrected chi connectivity index (χ1v) is 8.17. The van der Waals surface area contributed by atoms with Crippen LogP contribution in [-0.4, -0.2) is 29.0 Å². The lowest BCUT2D eigenvalue weighted by atomic mass is 10.2. The lowest BCUT2D eigenvalue weighted by Gasteiger charge is -2.04. The van der Waals surface area contributed by atoms with Crippen LogP contribution in [0.15, 0.2) is 54.0 Å². The number of benzene rings is 1. The van der Waals surface area contributed by atoms with Crippen molar-refractivity contribution in [1.29, 1.82) is 0 Å². The predicted molar refractivity (Wildman–Crippen MR) is 95.4 cm³/mol. The molecule has 0 saturated heterocycles. The number of esters is 1. The molecular formula is C17H14N4O3S. The van der Waals surface area contributed by atoms with Gasteiger partial charge in [-0.05, 0) is 36.4 Å². The summed E-state index contributed by atoms with van der Waals surface area (Å²) >= 11 is 1.31. The molecule has 2 heterocycles. The molecule has 0 aliphatic heterocycles. The highest BCUT2D eigenvalue weighted by Gasteiger charge is 2.12. The zero-order chi connectivity index (χ0) is 17.6. The Hall–Kier alpha value is -3.26. The number of hydrogen-bond donors (Lipinski definition) is 2. The van der Waals surface area contributed by atoms with Gasteiger partial charge in [0.1, 0.15) is 11.5 Å². The molecule has 1 amide bonds. The van der Waals surface area contributed by atoms with Crippen molar-refractivity contribution in [3.63, 3.8) is 0 Å². The molecule has 0 spiro atoms. The van der Waals surface area contributed by atoms with Crippen LogP contribution in [0.5, 0.6) is 0 Å². The Morgan fingerprint density at radius 2 is 1.92 bits per heavy atom. The number of ether oxygens (including phenoxy) is 1. The van der Waals surface area contributed by atoms with Gasteiger partial charge in [-0.25, -0.2) is 14.8 Å². The molecule has 0 radical (unpaired) electrons. The maximum atomic E-state index is 12.3. The Kier molecular flexibility index (Phi) is 5.00. The van der Waals surface area contributed by atoms with Crippen LogP contribution in [0.3, 0.4) is 0 Å². The molecule has 1 aromatic carbocycles. The largest absolute Gasteiger partial charge is 0.465 e. The summed E-state index contributed by atoms with van der Waals surface area (Å²) in [5, 5.41) is 7.99. The minimum Gasteiger partial charge on any atom is -0.465 e. The van der Waals surface area contributed by atoms with E-state index >= 15 is 0 Å². The highest BCUT2D eigenvalue weighted by atomic mass is 32.1. The standard InChI is InChI=1S/C17H14N4O3S/c1-24-16(23)11-5-7-12(8-6-11)19-15(22)13-10-25-17(20-13)21-14-4-2-3-9-18-14/h2-10H,1H3,(H,19,22)(H,18,20,21). The highest BCUT2D eigenvalue weighted by Crippen LogP contribution is 2.20. The number of hydrogen-bond acceptors (Lipinski definition) is 7. The molecule has 3 aromatic rings. The Balaban J connectivity index is 1.64. The van der Waals surface area contributed by atoms with Crippen molar-refractivity contribution in [3.05, 3.63) is 65.3 Å². The SMILES string of the molecule is COC(=O)c1ccc(NC(=O)c2csc(Nc3ccccn3)n2)cc1. The van der Waals surface area contributed by atoms with E-state index in [1.807, 2.05) is 18.2 Å². The van der Waals surface area contributed by atoms with Gasteiger partial charge in [-0.3, -0.25) is 4.79 Å². The van der Waals surface area contributed by atoms with E-state index in [9.17, 15) is 9.59 Å². The van der Waals surface area contributed by atoms with E-state index < -0.39 is 5.97 Å². The van der Waals surface area contributed by atoms with Gasteiger partial charge in [0.25, 0.3) is 5.91 Å². The van der Waals surface area contributed by atoms with Crippen LogP contribution in [0, 0.1) is 0 Å². The van der Waals surface area contributed by atoms with E-state index in [0.29, 0.717) is 27.9 Å². The maximum Gasteiger partial charge on any atom is 0.337 e. The molecule has 3 rings (SSSR count). The van der Waals surface area contributed by atoms with Crippen molar-refractivity contribution in [1.82, 2.24) is 9.97 Å². The lowest BCUT2D eigenvalue weighted by molar-refractivity contribution is 0.0600. The van der Waals surface area contributed by atoms with Gasteiger partial charge in [0.05, 0.1) is 12.7 Å². The number of nitrogens with one attached hydrogen (secondary N) is 2. The van der Waals surface area contributed by atoms with E-state index in [-0.39, 0.29) is 5.91 Å². The van der Waals surface area contributed by atoms with Crippen LogP contribution in [0.1, 0.15) is 20.8 Å². The second kappa shape index (κ2) is 7.54. The molecule has 0 aliphatic rings. The van der Waals surface area contributed by atoms with E-state index in [4.69, 9.17) is 0 Å². The quantitative estimate of drug-likeness (QED) is 0.683. The van der Waals surface area contributed by atoms with Gasteiger partial charge in [0.2, 0.25) is 0 Å². The number of amides is 1. The van der Waals surface area contributed by atoms with Crippen LogP contribution in [0.25, 0.3) is 0 Å². The average Bonchev–Trinajstić information content (AvgIpc) is 3.11. The molecule has 0 atom stereocenters. The monoisotopic (exact) mass is 354 g/mol. The molecule has 0 fully saturated rings. The third-order valence-corrected chi connectivity index (χ3v) is 3.96. The molecular weight excluding hydrogens is 340 g/mol. The fourth-order valence-electron chi connectivity index (χ4n) is 1.98. The topological polar surface area (TPSA) is 93.2 Å². The molecule has 0 unspecified atom stereocenters. The third kappa shape index (κ3) is 4.18. The number of methoxy groups -OCH3 is 1. The summed E-state index contributed by atoms with van der Waals surface area (Å²) in [6.07, 6.45) is 1.67. The van der Waals surface area contributed by atoms with Crippen LogP contribution >= 0.6 is 11.3 Å². The van der Waals surface area contributed by atoms with Crippen LogP contribution in [-0.2, 0) is 4.74 Å². The molecule has 126 valence electrons. The van der Waals surface area contributed by atoms with Gasteiger partial charge in [0.15, 0.2) is 5.13 Å². The second-order valence-corrected chi connectivity index (χ2v) is 5.76. The Labute approximate surface area is 147 Å². The number of carbonyl (C=O) groups is 2. The molecule has 25 heavy (non-hydrogen) atoms. The van der Waals surface area contributed by atoms with Gasteiger partial charge in [0, 0.05) is 17.3 Å². The first-order chi connectivity index (χ1) is 12.2. The normalized spacial score (nSPS) is 10.1. The van der Waals surface area contributed by atoms with E-state index in [1.165, 1.54) is 18.4 Å². The third-order valence-electron chi connectivity index (χ3n) is 3.20. The zero-order valence-electron chi connectivity index (χ0n) is 13.2. The second-order valence-electron chi connectivity index (χ2n) is 4.90. The average molecular weight is 354 g/mol. The van der Waals surface area contributed by atoms with E-state index in [1.54, 1.807) is 35.8 Å². The van der Waals surface area contributed by atoms with Crippen molar-refractivity contribution in [2.45, 2.75) is 0 Å². The fraction of sp³-hybridized carbons (Fsp3) is 0.0588. The Morgan fingerprint density at radius 3 is 2.60 bits per heavy atom. The van der Waals surface area contributed by atoms with Crippen LogP contribution in [0.2, 0.25) is 0 Å². The molecule has 0 saturated carbocycles. The number of aromatic nitrogens is 2. The summed E-state index contributed by atoms with van der Waals surface area (Å²) in [5.74, 6) is -0.110. The Morgan fingerprint density at radius 1 is 1.12 bits per heavy atom. The number of rotatable bonds is 5. The molecule has 2 aromatic heterocycles. The smallest absolute Gasteiger partial charge is 0.337 e. The van der Waals surface area contributed by atoms with Crippen LogP contribution < -0.4 is 10.6 Å².